The molecule has 1 aromatic heterocycles. The van der Waals surface area contributed by atoms with Crippen LogP contribution in [0.25, 0.3) is 0 Å². The Bertz CT molecular complexity index is 1930. The molecule has 4 atom stereocenters. The summed E-state index contributed by atoms with van der Waals surface area (Å²) in [6, 6.07) is 2.45. The molecule has 0 bridgehead atoms. The molecular weight excluding hydrogens is 630 g/mol. The number of rotatable bonds is 3. The Balaban J connectivity index is 1.66. The zero-order valence-corrected chi connectivity index (χ0v) is 23.3. The molecule has 2 aromatic carbocycles. The van der Waals surface area contributed by atoms with Crippen molar-refractivity contribution < 1.29 is 41.4 Å². The third-order valence-electron chi connectivity index (χ3n) is 8.23. The maximum Gasteiger partial charge on any atom is 0.347 e. The van der Waals surface area contributed by atoms with Gasteiger partial charge in [0.1, 0.15) is 17.2 Å². The van der Waals surface area contributed by atoms with Crippen LogP contribution in [0.5, 0.6) is 11.5 Å². The van der Waals surface area contributed by atoms with Crippen LogP contribution in [0.15, 0.2) is 39.4 Å². The number of fused-ring (bicyclic) bond motifs is 4. The number of alkyl halides is 2. The van der Waals surface area contributed by atoms with Gasteiger partial charge in [-0.2, -0.15) is 0 Å². The van der Waals surface area contributed by atoms with Crippen molar-refractivity contribution >= 4 is 40.7 Å². The lowest BCUT2D eigenvalue weighted by atomic mass is 9.64. The summed E-state index contributed by atoms with van der Waals surface area (Å²) in [5.74, 6) is -17.7. The Hall–Kier alpha value is -4.11. The summed E-state index contributed by atoms with van der Waals surface area (Å²) in [6.07, 6.45) is 0.677. The molecular formula is C26H17Cl2F5N4O6. The maximum absolute atomic E-state index is 15.0. The van der Waals surface area contributed by atoms with E-state index in [4.69, 9.17) is 27.9 Å². The van der Waals surface area contributed by atoms with Gasteiger partial charge in [-0.1, -0.05) is 12.1 Å². The molecule has 1 aliphatic carbocycles. The number of allylic oxidation sites excluding steroid dienone is 2. The fourth-order valence-corrected chi connectivity index (χ4v) is 7.08. The van der Waals surface area contributed by atoms with Gasteiger partial charge in [-0.3, -0.25) is 9.59 Å². The van der Waals surface area contributed by atoms with Crippen LogP contribution in [-0.2, 0) is 23.2 Å². The number of carbonyl (C=O) groups is 2. The molecule has 2 aliphatic heterocycles. The van der Waals surface area contributed by atoms with Gasteiger partial charge >= 0.3 is 11.4 Å². The second-order valence-electron chi connectivity index (χ2n) is 10.2. The fraction of sp³-hybridized carbons (Fsp3) is 0.308. The number of halogens is 7. The molecule has 43 heavy (non-hydrogen) atoms. The lowest BCUT2D eigenvalue weighted by Crippen LogP contribution is -2.59. The number of carbonyl (C=O) groups excluding carboxylic acids is 2. The molecule has 226 valence electrons. The van der Waals surface area contributed by atoms with Gasteiger partial charge in [0, 0.05) is 31.0 Å². The molecule has 17 heteroatoms. The van der Waals surface area contributed by atoms with Gasteiger partial charge in [0.2, 0.25) is 5.82 Å². The van der Waals surface area contributed by atoms with Gasteiger partial charge in [0.25, 0.3) is 11.8 Å². The lowest BCUT2D eigenvalue weighted by molar-refractivity contribution is -0.122. The van der Waals surface area contributed by atoms with E-state index in [1.807, 2.05) is 0 Å². The highest BCUT2D eigenvalue weighted by Crippen LogP contribution is 2.65. The highest BCUT2D eigenvalue weighted by atomic mass is 35.5. The van der Waals surface area contributed by atoms with Gasteiger partial charge < -0.3 is 9.84 Å². The molecule has 10 nitrogen and oxygen atoms in total. The van der Waals surface area contributed by atoms with Gasteiger partial charge in [-0.25, -0.2) is 50.4 Å². The molecule has 0 unspecified atom stereocenters. The van der Waals surface area contributed by atoms with Crippen LogP contribution in [0.4, 0.5) is 27.6 Å². The van der Waals surface area contributed by atoms with Crippen LogP contribution in [0.3, 0.4) is 0 Å². The number of hydrogen-bond donors (Lipinski definition) is 1. The largest absolute Gasteiger partial charge is 0.508 e. The maximum atomic E-state index is 15.0. The van der Waals surface area contributed by atoms with Gasteiger partial charge in [-0.15, -0.1) is 23.2 Å². The molecule has 3 aromatic rings. The smallest absolute Gasteiger partial charge is 0.347 e. The lowest BCUT2D eigenvalue weighted by Gasteiger charge is -2.49. The van der Waals surface area contributed by atoms with Crippen LogP contribution < -0.4 is 21.0 Å². The third kappa shape index (κ3) is 3.40. The number of hydrogen-bond acceptors (Lipinski definition) is 6. The van der Waals surface area contributed by atoms with E-state index in [-0.39, 0.29) is 28.3 Å². The average molecular weight is 647 g/mol. The van der Waals surface area contributed by atoms with E-state index in [0.717, 1.165) is 20.0 Å². The van der Waals surface area contributed by atoms with Crippen LogP contribution >= 0.6 is 23.2 Å². The first-order chi connectivity index (χ1) is 20.1. The minimum absolute atomic E-state index is 0.111. The summed E-state index contributed by atoms with van der Waals surface area (Å²) in [4.78, 5) is 48.1. The minimum Gasteiger partial charge on any atom is -0.508 e. The van der Waals surface area contributed by atoms with Crippen LogP contribution in [-0.4, -0.2) is 47.7 Å². The molecule has 1 saturated carbocycles. The van der Waals surface area contributed by atoms with E-state index < -0.39 is 91.8 Å². The first kappa shape index (κ1) is 29.0. The van der Waals surface area contributed by atoms with Crippen molar-refractivity contribution in [2.75, 3.05) is 12.0 Å². The van der Waals surface area contributed by atoms with Gasteiger partial charge in [0.15, 0.2) is 33.0 Å². The van der Waals surface area contributed by atoms with E-state index in [0.29, 0.717) is 0 Å². The third-order valence-corrected chi connectivity index (χ3v) is 9.64. The monoisotopic (exact) mass is 646 g/mol. The van der Waals surface area contributed by atoms with E-state index in [1.54, 1.807) is 0 Å². The molecule has 2 fully saturated rings. The Kier molecular flexibility index (Phi) is 6.20. The number of aromatic hydroxyl groups is 1. The molecule has 3 aliphatic rings. The average Bonchev–Trinajstić information content (AvgIpc) is 3.29. The molecule has 0 radical (unpaired) electrons. The fourth-order valence-electron chi connectivity index (χ4n) is 6.18. The summed E-state index contributed by atoms with van der Waals surface area (Å²) < 4.78 is 80.1. The molecule has 1 saturated heterocycles. The molecule has 6 rings (SSSR count). The predicted molar refractivity (Wildman–Crippen MR) is 139 cm³/mol. The molecule has 0 spiro atoms. The Morgan fingerprint density at radius 3 is 2.12 bits per heavy atom. The van der Waals surface area contributed by atoms with Gasteiger partial charge in [0.05, 0.1) is 19.7 Å². The van der Waals surface area contributed by atoms with Crippen molar-refractivity contribution in [2.45, 2.75) is 34.7 Å². The Morgan fingerprint density at radius 2 is 1.53 bits per heavy atom. The highest BCUT2D eigenvalue weighted by molar-refractivity contribution is 6.58. The summed E-state index contributed by atoms with van der Waals surface area (Å²) in [5, 5.41) is 11.0. The van der Waals surface area contributed by atoms with E-state index >= 15 is 0 Å². The second-order valence-corrected chi connectivity index (χ2v) is 11.5. The standard InChI is InChI=1S/C26H17Cl2F5N4O6/c1-34-23(41)35-6-5-10-12(37(35)24(34)42)8-25(27)21(39)36(20-18(32)16(30)15(29)17(31)19(20)33)22(40)26(25,28)14(10)11-4-3-9(43-2)7-13(11)38/h3-5,7,12,14,38H,6,8H2,1-2H3/t12-,14-,25-,26+/m1/s1. The van der Waals surface area contributed by atoms with Crippen molar-refractivity contribution in [3.05, 3.63) is 85.5 Å². The number of amides is 2. The van der Waals surface area contributed by atoms with Crippen molar-refractivity contribution in [1.29, 1.82) is 0 Å². The minimum atomic E-state index is -2.76. The van der Waals surface area contributed by atoms with Gasteiger partial charge in [-0.05, 0) is 11.6 Å². The number of ether oxygens (including phenoxy) is 1. The number of anilines is 1. The van der Waals surface area contributed by atoms with E-state index in [9.17, 15) is 46.2 Å². The first-order valence-corrected chi connectivity index (χ1v) is 13.1. The van der Waals surface area contributed by atoms with Crippen LogP contribution in [0, 0.1) is 29.1 Å². The number of aromatic nitrogens is 3. The summed E-state index contributed by atoms with van der Waals surface area (Å²) in [7, 11) is 2.49. The number of methoxy groups -OCH3 is 1. The molecule has 1 N–H and O–H groups in total. The van der Waals surface area contributed by atoms with Crippen LogP contribution in [0.1, 0.15) is 23.9 Å². The zero-order valence-electron chi connectivity index (χ0n) is 21.8. The first-order valence-electron chi connectivity index (χ1n) is 12.4. The SMILES string of the molecule is COc1ccc([C@H]2C3=CCn4c(=O)n(C)c(=O)n4[C@@H]3C[C@@]3(Cl)C(=O)N(c4c(F)c(F)c(F)c(F)c4F)C(=O)[C@@]23Cl)c(O)c1. The highest BCUT2D eigenvalue weighted by Gasteiger charge is 2.76. The topological polar surface area (TPSA) is 116 Å². The van der Waals surface area contributed by atoms with Crippen molar-refractivity contribution in [3.8, 4) is 11.5 Å². The second kappa shape index (κ2) is 9.19. The summed E-state index contributed by atoms with van der Waals surface area (Å²) in [6.45, 7) is -0.236. The molecule has 3 heterocycles. The Labute approximate surface area is 246 Å². The zero-order chi connectivity index (χ0) is 31.5. The number of phenolic OH excluding ortho intramolecular Hbond substituents is 1. The molecule has 2 amide bonds. The number of phenols is 1. The predicted octanol–water partition coefficient (Wildman–Crippen LogP) is 2.96. The summed E-state index contributed by atoms with van der Waals surface area (Å²) >= 11 is 13.9. The number of imide groups is 1. The van der Waals surface area contributed by atoms with Crippen molar-refractivity contribution in [1.82, 2.24) is 13.9 Å². The van der Waals surface area contributed by atoms with E-state index in [2.05, 4.69) is 0 Å². The Morgan fingerprint density at radius 1 is 0.930 bits per heavy atom. The van der Waals surface area contributed by atoms with E-state index in [1.165, 1.54) is 32.4 Å². The number of benzene rings is 2. The normalized spacial score (nSPS) is 26.3. The van der Waals surface area contributed by atoms with Crippen molar-refractivity contribution in [2.24, 2.45) is 7.05 Å². The summed E-state index contributed by atoms with van der Waals surface area (Å²) in [5.41, 5.74) is -3.54. The van der Waals surface area contributed by atoms with Crippen LogP contribution in [0.2, 0.25) is 0 Å². The van der Waals surface area contributed by atoms with Crippen molar-refractivity contribution in [3.63, 3.8) is 0 Å². The quantitative estimate of drug-likeness (QED) is 0.117. The number of nitrogens with zero attached hydrogens (tertiary/aromatic N) is 4.